The molecule has 0 spiro atoms. The molecule has 0 bridgehead atoms. The molecule has 0 saturated carbocycles. The minimum absolute atomic E-state index is 0.112. The van der Waals surface area contributed by atoms with Gasteiger partial charge in [0.05, 0.1) is 23.6 Å². The maximum absolute atomic E-state index is 13.7. The number of anilines is 1. The summed E-state index contributed by atoms with van der Waals surface area (Å²) in [6.45, 7) is 1.76. The summed E-state index contributed by atoms with van der Waals surface area (Å²) >= 11 is 9.77. The summed E-state index contributed by atoms with van der Waals surface area (Å²) in [5.41, 5.74) is 0.777. The molecule has 0 aliphatic carbocycles. The number of methoxy groups -OCH3 is 1. The molecule has 2 aliphatic heterocycles. The lowest BCUT2D eigenvalue weighted by atomic mass is 9.85. The van der Waals surface area contributed by atoms with E-state index in [9.17, 15) is 24.5 Å². The SMILES string of the molecule is COc1ccc(Br)cc1[C@H]1[C@H](N2C(=O)c3cccc([N+](=O)[O-])c3C2=O)C(=O)N1c1cccc(Cl)c1C. The number of nitro benzene ring substituents is 1. The monoisotopic (exact) mass is 569 g/mol. The van der Waals surface area contributed by atoms with Crippen LogP contribution in [-0.2, 0) is 4.79 Å². The Hall–Kier alpha value is -3.76. The van der Waals surface area contributed by atoms with Crippen molar-refractivity contribution >= 4 is 56.6 Å². The van der Waals surface area contributed by atoms with Crippen molar-refractivity contribution < 1.29 is 24.0 Å². The highest BCUT2D eigenvalue weighted by atomic mass is 79.9. The van der Waals surface area contributed by atoms with Gasteiger partial charge in [-0.25, -0.2) is 0 Å². The third kappa shape index (κ3) is 3.40. The lowest BCUT2D eigenvalue weighted by Crippen LogP contribution is -2.67. The average Bonchev–Trinajstić information content (AvgIpc) is 3.10. The molecular weight excluding hydrogens is 554 g/mol. The fourth-order valence-corrected chi connectivity index (χ4v) is 5.34. The van der Waals surface area contributed by atoms with Crippen LogP contribution in [0.1, 0.15) is 37.9 Å². The molecule has 0 aromatic heterocycles. The summed E-state index contributed by atoms with van der Waals surface area (Å²) in [7, 11) is 1.47. The Kier molecular flexibility index (Phi) is 5.80. The largest absolute Gasteiger partial charge is 0.496 e. The number of amides is 3. The van der Waals surface area contributed by atoms with E-state index < -0.39 is 40.4 Å². The van der Waals surface area contributed by atoms with Crippen LogP contribution in [0.4, 0.5) is 11.4 Å². The predicted molar refractivity (Wildman–Crippen MR) is 134 cm³/mol. The summed E-state index contributed by atoms with van der Waals surface area (Å²) < 4.78 is 6.24. The van der Waals surface area contributed by atoms with E-state index in [4.69, 9.17) is 16.3 Å². The first-order valence-corrected chi connectivity index (χ1v) is 11.9. The highest BCUT2D eigenvalue weighted by molar-refractivity contribution is 9.10. The lowest BCUT2D eigenvalue weighted by molar-refractivity contribution is -0.385. The number of hydrogen-bond acceptors (Lipinski definition) is 6. The molecule has 182 valence electrons. The van der Waals surface area contributed by atoms with Crippen LogP contribution in [0.15, 0.2) is 59.1 Å². The van der Waals surface area contributed by atoms with E-state index in [0.29, 0.717) is 32.1 Å². The van der Waals surface area contributed by atoms with E-state index in [1.54, 1.807) is 43.3 Å². The normalized spacial score (nSPS) is 18.8. The Labute approximate surface area is 218 Å². The minimum atomic E-state index is -1.25. The zero-order valence-corrected chi connectivity index (χ0v) is 21.2. The quantitative estimate of drug-likeness (QED) is 0.183. The number of rotatable bonds is 5. The summed E-state index contributed by atoms with van der Waals surface area (Å²) in [5, 5.41) is 12.0. The van der Waals surface area contributed by atoms with Crippen molar-refractivity contribution in [3.63, 3.8) is 0 Å². The molecule has 3 amide bonds. The fourth-order valence-electron chi connectivity index (χ4n) is 4.79. The molecular formula is C25H17BrClN3O6. The number of imide groups is 1. The van der Waals surface area contributed by atoms with Gasteiger partial charge in [0.15, 0.2) is 0 Å². The molecule has 2 atom stereocenters. The van der Waals surface area contributed by atoms with Crippen molar-refractivity contribution in [2.24, 2.45) is 0 Å². The number of nitrogens with zero attached hydrogens (tertiary/aromatic N) is 3. The van der Waals surface area contributed by atoms with Crippen molar-refractivity contribution in [2.45, 2.75) is 19.0 Å². The topological polar surface area (TPSA) is 110 Å². The molecule has 36 heavy (non-hydrogen) atoms. The van der Waals surface area contributed by atoms with Crippen molar-refractivity contribution in [3.05, 3.63) is 96.5 Å². The molecule has 1 fully saturated rings. The molecule has 11 heteroatoms. The van der Waals surface area contributed by atoms with Crippen LogP contribution in [0.25, 0.3) is 0 Å². The Morgan fingerprint density at radius 2 is 1.72 bits per heavy atom. The molecule has 0 unspecified atom stereocenters. The number of ether oxygens (including phenoxy) is 1. The number of fused-ring (bicyclic) bond motifs is 1. The number of hydrogen-bond donors (Lipinski definition) is 0. The summed E-state index contributed by atoms with van der Waals surface area (Å²) in [4.78, 5) is 53.6. The van der Waals surface area contributed by atoms with Gasteiger partial charge in [-0.05, 0) is 48.9 Å². The third-order valence-corrected chi connectivity index (χ3v) is 7.38. The van der Waals surface area contributed by atoms with Gasteiger partial charge < -0.3 is 4.74 Å². The molecule has 2 heterocycles. The van der Waals surface area contributed by atoms with Crippen molar-refractivity contribution in [2.75, 3.05) is 12.0 Å². The molecule has 3 aromatic carbocycles. The molecule has 0 radical (unpaired) electrons. The first-order chi connectivity index (χ1) is 17.2. The Morgan fingerprint density at radius 1 is 1.00 bits per heavy atom. The van der Waals surface area contributed by atoms with Crippen LogP contribution >= 0.6 is 27.5 Å². The molecule has 0 N–H and O–H groups in total. The van der Waals surface area contributed by atoms with Gasteiger partial charge in [-0.1, -0.05) is 39.7 Å². The Balaban J connectivity index is 1.68. The minimum Gasteiger partial charge on any atom is -0.496 e. The van der Waals surface area contributed by atoms with E-state index >= 15 is 0 Å². The number of benzene rings is 3. The van der Waals surface area contributed by atoms with Crippen LogP contribution in [-0.4, -0.2) is 40.7 Å². The number of β-lactam (4-membered cyclic amide) rings is 1. The van der Waals surface area contributed by atoms with Crippen LogP contribution < -0.4 is 9.64 Å². The van der Waals surface area contributed by atoms with E-state index in [0.717, 1.165) is 11.0 Å². The molecule has 1 saturated heterocycles. The summed E-state index contributed by atoms with van der Waals surface area (Å²) in [5.74, 6) is -1.74. The van der Waals surface area contributed by atoms with Crippen LogP contribution in [0.3, 0.4) is 0 Å². The number of nitro groups is 1. The Bertz CT molecular complexity index is 1490. The highest BCUT2D eigenvalue weighted by Crippen LogP contribution is 2.49. The van der Waals surface area contributed by atoms with Gasteiger partial charge in [0.25, 0.3) is 23.4 Å². The predicted octanol–water partition coefficient (Wildman–Crippen LogP) is 5.08. The highest BCUT2D eigenvalue weighted by Gasteiger charge is 2.59. The lowest BCUT2D eigenvalue weighted by Gasteiger charge is -2.50. The van der Waals surface area contributed by atoms with Crippen molar-refractivity contribution in [3.8, 4) is 5.75 Å². The first kappa shape index (κ1) is 24.0. The van der Waals surface area contributed by atoms with Gasteiger partial charge >= 0.3 is 0 Å². The van der Waals surface area contributed by atoms with Gasteiger partial charge in [-0.2, -0.15) is 0 Å². The number of halogens is 2. The van der Waals surface area contributed by atoms with Gasteiger partial charge in [0.2, 0.25) is 0 Å². The average molecular weight is 571 g/mol. The second kappa shape index (κ2) is 8.72. The van der Waals surface area contributed by atoms with Crippen molar-refractivity contribution in [1.29, 1.82) is 0 Å². The number of carbonyl (C=O) groups excluding carboxylic acids is 3. The first-order valence-electron chi connectivity index (χ1n) is 10.7. The summed E-state index contributed by atoms with van der Waals surface area (Å²) in [6, 6.07) is 12.1. The Morgan fingerprint density at radius 3 is 2.42 bits per heavy atom. The van der Waals surface area contributed by atoms with E-state index in [2.05, 4.69) is 15.9 Å². The second-order valence-corrected chi connectivity index (χ2v) is 9.63. The van der Waals surface area contributed by atoms with Gasteiger partial charge in [0, 0.05) is 26.8 Å². The standard InChI is InChI=1S/C25H17BrClN3O6/c1-12-16(27)6-4-7-17(12)28-21(15-11-13(26)9-10-19(15)36-2)22(25(28)33)29-23(31)14-5-3-8-18(30(34)35)20(14)24(29)32/h3-11,21-22H,1-2H3/t21-,22-/m0/s1. The molecule has 5 rings (SSSR count). The maximum atomic E-state index is 13.7. The molecule has 3 aromatic rings. The van der Waals surface area contributed by atoms with Crippen LogP contribution in [0.5, 0.6) is 5.75 Å². The zero-order valence-electron chi connectivity index (χ0n) is 18.9. The smallest absolute Gasteiger partial charge is 0.282 e. The molecule has 2 aliphatic rings. The van der Waals surface area contributed by atoms with Gasteiger partial charge in [-0.15, -0.1) is 0 Å². The van der Waals surface area contributed by atoms with E-state index in [1.165, 1.54) is 24.1 Å². The third-order valence-electron chi connectivity index (χ3n) is 6.48. The van der Waals surface area contributed by atoms with Crippen LogP contribution in [0.2, 0.25) is 5.02 Å². The van der Waals surface area contributed by atoms with Gasteiger partial charge in [-0.3, -0.25) is 34.3 Å². The van der Waals surface area contributed by atoms with Gasteiger partial charge in [0.1, 0.15) is 17.4 Å². The number of carbonyl (C=O) groups is 3. The van der Waals surface area contributed by atoms with Crippen molar-refractivity contribution in [1.82, 2.24) is 4.90 Å². The van der Waals surface area contributed by atoms with Crippen LogP contribution in [0, 0.1) is 17.0 Å². The molecule has 9 nitrogen and oxygen atoms in total. The second-order valence-electron chi connectivity index (χ2n) is 8.31. The summed E-state index contributed by atoms with van der Waals surface area (Å²) in [6.07, 6.45) is 0. The van der Waals surface area contributed by atoms with E-state index in [-0.39, 0.29) is 11.1 Å². The fraction of sp³-hybridized carbons (Fsp3) is 0.160. The maximum Gasteiger partial charge on any atom is 0.282 e. The zero-order chi connectivity index (χ0) is 25.9. The van der Waals surface area contributed by atoms with E-state index in [1.807, 2.05) is 0 Å².